The summed E-state index contributed by atoms with van der Waals surface area (Å²) in [6, 6.07) is 0. The molecule has 3 aliphatic rings. The fraction of sp³-hybridized carbons (Fsp3) is 0.810. The van der Waals surface area contributed by atoms with Gasteiger partial charge in [0.1, 0.15) is 0 Å². The van der Waals surface area contributed by atoms with Gasteiger partial charge in [0.05, 0.1) is 24.1 Å². The summed E-state index contributed by atoms with van der Waals surface area (Å²) in [5.74, 6) is 2.20. The third-order valence-corrected chi connectivity index (χ3v) is 6.57. The number of aliphatic hydroxyl groups excluding tert-OH is 2. The zero-order valence-electron chi connectivity index (χ0n) is 15.1. The lowest BCUT2D eigenvalue weighted by Crippen LogP contribution is -2.29. The van der Waals surface area contributed by atoms with Gasteiger partial charge in [-0.1, -0.05) is 25.0 Å². The molecule has 3 nitrogen and oxygen atoms in total. The van der Waals surface area contributed by atoms with E-state index < -0.39 is 0 Å². The average Bonchev–Trinajstić information content (AvgIpc) is 3.33. The summed E-state index contributed by atoms with van der Waals surface area (Å²) in [5.41, 5.74) is 0. The van der Waals surface area contributed by atoms with E-state index in [0.717, 1.165) is 19.3 Å². The molecule has 2 bridgehead atoms. The number of ether oxygens (including phenoxy) is 1. The summed E-state index contributed by atoms with van der Waals surface area (Å²) in [7, 11) is 0. The number of allylic oxidation sites excluding steroid dienone is 3. The van der Waals surface area contributed by atoms with Gasteiger partial charge in [-0.15, -0.1) is 0 Å². The standard InChI is InChI=1S/C21H34O3/c1-2-16(22)9-5-6-10-17-18(21-14-13-20(17)24-21)11-12-19(23)15-7-3-4-8-15/h2,5-6,15,17-23H,3-4,7-14H2,1H3/b6-5-,16-2+/t17-,18+,19?,20-,21+/m1/s1. The van der Waals surface area contributed by atoms with Crippen molar-refractivity contribution in [1.82, 2.24) is 0 Å². The molecule has 3 heteroatoms. The number of aliphatic hydroxyl groups is 2. The Morgan fingerprint density at radius 1 is 1.08 bits per heavy atom. The SMILES string of the molecule is C/C=C(/O)C/C=C\C[C@@H]1[C@H](CCC(O)C2CCCC2)[C@@H]2CC[C@H]1O2. The number of hydrogen-bond donors (Lipinski definition) is 2. The first kappa shape index (κ1) is 18.0. The molecule has 0 radical (unpaired) electrons. The molecule has 3 fully saturated rings. The zero-order valence-corrected chi connectivity index (χ0v) is 15.1. The predicted molar refractivity (Wildman–Crippen MR) is 96.8 cm³/mol. The van der Waals surface area contributed by atoms with Gasteiger partial charge >= 0.3 is 0 Å². The highest BCUT2D eigenvalue weighted by Gasteiger charge is 2.47. The Hall–Kier alpha value is -0.800. The quantitative estimate of drug-likeness (QED) is 0.490. The van der Waals surface area contributed by atoms with Gasteiger partial charge in [-0.3, -0.25) is 0 Å². The van der Waals surface area contributed by atoms with Crippen molar-refractivity contribution in [3.63, 3.8) is 0 Å². The summed E-state index contributed by atoms with van der Waals surface area (Å²) in [5, 5.41) is 20.0. The first-order valence-electron chi connectivity index (χ1n) is 10.0. The van der Waals surface area contributed by atoms with Crippen LogP contribution in [0, 0.1) is 17.8 Å². The molecule has 24 heavy (non-hydrogen) atoms. The maximum atomic E-state index is 10.5. The second-order valence-electron chi connectivity index (χ2n) is 8.00. The van der Waals surface area contributed by atoms with Gasteiger partial charge < -0.3 is 14.9 Å². The molecule has 136 valence electrons. The van der Waals surface area contributed by atoms with Crippen molar-refractivity contribution in [2.75, 3.05) is 0 Å². The Morgan fingerprint density at radius 3 is 2.50 bits per heavy atom. The Morgan fingerprint density at radius 2 is 1.79 bits per heavy atom. The van der Waals surface area contributed by atoms with Crippen molar-refractivity contribution in [2.24, 2.45) is 17.8 Å². The normalized spacial score (nSPS) is 35.3. The first-order valence-corrected chi connectivity index (χ1v) is 10.0. The van der Waals surface area contributed by atoms with Crippen molar-refractivity contribution in [2.45, 2.75) is 89.4 Å². The van der Waals surface area contributed by atoms with Crippen LogP contribution in [0.2, 0.25) is 0 Å². The fourth-order valence-electron chi connectivity index (χ4n) is 5.11. The lowest BCUT2D eigenvalue weighted by molar-refractivity contribution is 0.0742. The Kier molecular flexibility index (Phi) is 6.40. The smallest absolute Gasteiger partial charge is 0.0917 e. The third-order valence-electron chi connectivity index (χ3n) is 6.57. The molecule has 1 saturated carbocycles. The minimum Gasteiger partial charge on any atom is -0.512 e. The number of rotatable bonds is 8. The monoisotopic (exact) mass is 334 g/mol. The predicted octanol–water partition coefficient (Wildman–Crippen LogP) is 4.91. The van der Waals surface area contributed by atoms with E-state index >= 15 is 0 Å². The second-order valence-corrected chi connectivity index (χ2v) is 8.00. The maximum absolute atomic E-state index is 10.5. The third kappa shape index (κ3) is 4.23. The molecular formula is C21H34O3. The highest BCUT2D eigenvalue weighted by molar-refractivity contribution is 5.02. The Balaban J connectivity index is 1.49. The van der Waals surface area contributed by atoms with Crippen LogP contribution in [0.15, 0.2) is 24.0 Å². The molecule has 1 aliphatic carbocycles. The van der Waals surface area contributed by atoms with E-state index in [2.05, 4.69) is 12.2 Å². The van der Waals surface area contributed by atoms with E-state index in [1.165, 1.54) is 38.5 Å². The van der Waals surface area contributed by atoms with Gasteiger partial charge in [0.15, 0.2) is 0 Å². The molecule has 0 spiro atoms. The van der Waals surface area contributed by atoms with Gasteiger partial charge in [0.2, 0.25) is 0 Å². The lowest BCUT2D eigenvalue weighted by Gasteiger charge is -2.29. The highest BCUT2D eigenvalue weighted by Crippen LogP contribution is 2.47. The molecule has 2 heterocycles. The molecular weight excluding hydrogens is 300 g/mol. The van der Waals surface area contributed by atoms with Crippen LogP contribution in [0.25, 0.3) is 0 Å². The van der Waals surface area contributed by atoms with Crippen molar-refractivity contribution in [1.29, 1.82) is 0 Å². The number of hydrogen-bond acceptors (Lipinski definition) is 3. The van der Waals surface area contributed by atoms with Crippen molar-refractivity contribution >= 4 is 0 Å². The summed E-state index contributed by atoms with van der Waals surface area (Å²) in [6.45, 7) is 1.86. The van der Waals surface area contributed by atoms with Gasteiger partial charge in [-0.05, 0) is 75.7 Å². The second kappa shape index (κ2) is 8.53. The van der Waals surface area contributed by atoms with Crippen LogP contribution >= 0.6 is 0 Å². The van der Waals surface area contributed by atoms with Crippen molar-refractivity contribution in [3.8, 4) is 0 Å². The molecule has 1 unspecified atom stereocenters. The average molecular weight is 335 g/mol. The zero-order chi connectivity index (χ0) is 16.9. The van der Waals surface area contributed by atoms with Crippen molar-refractivity contribution in [3.05, 3.63) is 24.0 Å². The van der Waals surface area contributed by atoms with E-state index in [0.29, 0.717) is 42.1 Å². The molecule has 2 aliphatic heterocycles. The van der Waals surface area contributed by atoms with E-state index in [4.69, 9.17) is 4.74 Å². The summed E-state index contributed by atoms with van der Waals surface area (Å²) >= 11 is 0. The largest absolute Gasteiger partial charge is 0.512 e. The molecule has 5 atom stereocenters. The van der Waals surface area contributed by atoms with Crippen LogP contribution in [-0.2, 0) is 4.74 Å². The van der Waals surface area contributed by atoms with E-state index in [1.807, 2.05) is 6.92 Å². The summed E-state index contributed by atoms with van der Waals surface area (Å²) in [6.07, 6.45) is 17.9. The van der Waals surface area contributed by atoms with E-state index in [-0.39, 0.29) is 6.10 Å². The molecule has 0 aromatic carbocycles. The van der Waals surface area contributed by atoms with Gasteiger partial charge in [-0.25, -0.2) is 0 Å². The van der Waals surface area contributed by atoms with E-state index in [1.54, 1.807) is 6.08 Å². The minimum absolute atomic E-state index is 0.102. The summed E-state index contributed by atoms with van der Waals surface area (Å²) < 4.78 is 6.18. The highest BCUT2D eigenvalue weighted by atomic mass is 16.5. The molecule has 0 aromatic rings. The van der Waals surface area contributed by atoms with Crippen LogP contribution < -0.4 is 0 Å². The lowest BCUT2D eigenvalue weighted by atomic mass is 9.74. The van der Waals surface area contributed by atoms with Crippen LogP contribution in [0.3, 0.4) is 0 Å². The molecule has 2 saturated heterocycles. The van der Waals surface area contributed by atoms with Crippen LogP contribution in [-0.4, -0.2) is 28.5 Å². The minimum atomic E-state index is -0.102. The maximum Gasteiger partial charge on any atom is 0.0917 e. The number of fused-ring (bicyclic) bond motifs is 2. The van der Waals surface area contributed by atoms with Crippen LogP contribution in [0.4, 0.5) is 0 Å². The van der Waals surface area contributed by atoms with Crippen LogP contribution in [0.5, 0.6) is 0 Å². The fourth-order valence-corrected chi connectivity index (χ4v) is 5.11. The molecule has 3 rings (SSSR count). The van der Waals surface area contributed by atoms with Gasteiger partial charge in [0, 0.05) is 6.42 Å². The van der Waals surface area contributed by atoms with Crippen molar-refractivity contribution < 1.29 is 14.9 Å². The Bertz CT molecular complexity index is 450. The summed E-state index contributed by atoms with van der Waals surface area (Å²) in [4.78, 5) is 0. The molecule has 0 aromatic heterocycles. The topological polar surface area (TPSA) is 49.7 Å². The van der Waals surface area contributed by atoms with E-state index in [9.17, 15) is 10.2 Å². The molecule has 2 N–H and O–H groups in total. The Labute approximate surface area is 146 Å². The van der Waals surface area contributed by atoms with Gasteiger partial charge in [0.25, 0.3) is 0 Å². The molecule has 0 amide bonds. The first-order chi connectivity index (χ1) is 11.7. The van der Waals surface area contributed by atoms with Gasteiger partial charge in [-0.2, -0.15) is 0 Å². The van der Waals surface area contributed by atoms with Crippen LogP contribution in [0.1, 0.15) is 71.1 Å².